The van der Waals surface area contributed by atoms with Gasteiger partial charge in [-0.25, -0.2) is 0 Å². The van der Waals surface area contributed by atoms with Crippen molar-refractivity contribution in [2.75, 3.05) is 0 Å². The van der Waals surface area contributed by atoms with E-state index in [4.69, 9.17) is 0 Å². The molecule has 3 N–H and O–H groups in total. The van der Waals surface area contributed by atoms with Crippen LogP contribution in [0.25, 0.3) is 0 Å². The number of Topliss-reactive ketones (excluding diaryl/α,β-unsaturated/α-hetero) is 4. The molecule has 3 fully saturated rings. The molecule has 0 radical (unpaired) electrons. The molecule has 0 amide bonds. The van der Waals surface area contributed by atoms with Crippen molar-refractivity contribution in [3.05, 3.63) is 11.6 Å². The predicted octanol–water partition coefficient (Wildman–Crippen LogP) is 3.36. The second-order valence-corrected chi connectivity index (χ2v) is 14.4. The van der Waals surface area contributed by atoms with Crippen molar-refractivity contribution in [2.24, 2.45) is 39.4 Å². The zero-order valence-electron chi connectivity index (χ0n) is 23.6. The molecule has 8 atom stereocenters. The van der Waals surface area contributed by atoms with Gasteiger partial charge < -0.3 is 15.3 Å². The monoisotopic (exact) mass is 516 g/mol. The third kappa shape index (κ3) is 3.70. The van der Waals surface area contributed by atoms with Crippen LogP contribution in [0.2, 0.25) is 0 Å². The Balaban J connectivity index is 1.77. The maximum absolute atomic E-state index is 14.2. The minimum absolute atomic E-state index is 0.0127. The predicted molar refractivity (Wildman–Crippen MR) is 137 cm³/mol. The van der Waals surface area contributed by atoms with Crippen LogP contribution in [-0.2, 0) is 19.2 Å². The van der Waals surface area contributed by atoms with E-state index < -0.39 is 62.2 Å². The van der Waals surface area contributed by atoms with E-state index in [9.17, 15) is 34.5 Å². The molecule has 0 saturated heterocycles. The van der Waals surface area contributed by atoms with Crippen LogP contribution >= 0.6 is 0 Å². The van der Waals surface area contributed by atoms with Crippen molar-refractivity contribution in [1.82, 2.24) is 0 Å². The number of rotatable bonds is 5. The first-order valence-electron chi connectivity index (χ1n) is 13.6. The Hall–Kier alpha value is -1.70. The van der Waals surface area contributed by atoms with Crippen LogP contribution in [-0.4, -0.2) is 55.8 Å². The number of carbonyl (C=O) groups excluding carboxylic acids is 4. The highest BCUT2D eigenvalue weighted by Gasteiger charge is 2.74. The van der Waals surface area contributed by atoms with Crippen molar-refractivity contribution >= 4 is 23.1 Å². The van der Waals surface area contributed by atoms with Crippen LogP contribution < -0.4 is 0 Å². The van der Waals surface area contributed by atoms with Gasteiger partial charge in [0.05, 0.1) is 17.1 Å². The zero-order valence-corrected chi connectivity index (χ0v) is 23.6. The molecule has 1 unspecified atom stereocenters. The lowest BCUT2D eigenvalue weighted by Crippen LogP contribution is -2.65. The van der Waals surface area contributed by atoms with E-state index in [1.54, 1.807) is 27.7 Å². The fourth-order valence-electron chi connectivity index (χ4n) is 9.06. The summed E-state index contributed by atoms with van der Waals surface area (Å²) in [5.41, 5.74) is -5.40. The van der Waals surface area contributed by atoms with E-state index >= 15 is 0 Å². The summed E-state index contributed by atoms with van der Waals surface area (Å²) in [7, 11) is 0. The molecule has 0 heterocycles. The minimum atomic E-state index is -1.88. The second-order valence-electron chi connectivity index (χ2n) is 14.4. The fraction of sp³-hybridized carbons (Fsp3) is 0.800. The Morgan fingerprint density at radius 2 is 1.62 bits per heavy atom. The highest BCUT2D eigenvalue weighted by molar-refractivity contribution is 6.40. The third-order valence-electron chi connectivity index (χ3n) is 11.4. The summed E-state index contributed by atoms with van der Waals surface area (Å²) < 4.78 is 0. The number of allylic oxidation sites excluding steroid dienone is 2. The van der Waals surface area contributed by atoms with Crippen molar-refractivity contribution in [3.63, 3.8) is 0 Å². The number of hydrogen-bond acceptors (Lipinski definition) is 7. The molecular weight excluding hydrogens is 472 g/mol. The zero-order chi connectivity index (χ0) is 28.1. The van der Waals surface area contributed by atoms with Crippen LogP contribution in [0.1, 0.15) is 93.9 Å². The molecule has 0 aliphatic heterocycles. The first kappa shape index (κ1) is 28.3. The maximum Gasteiger partial charge on any atom is 0.207 e. The van der Waals surface area contributed by atoms with Crippen LogP contribution in [0.5, 0.6) is 0 Å². The van der Waals surface area contributed by atoms with Crippen molar-refractivity contribution in [2.45, 2.75) is 111 Å². The fourth-order valence-corrected chi connectivity index (χ4v) is 9.06. The van der Waals surface area contributed by atoms with Gasteiger partial charge >= 0.3 is 0 Å². The molecule has 3 saturated carbocycles. The van der Waals surface area contributed by atoms with E-state index in [0.717, 1.165) is 5.57 Å². The van der Waals surface area contributed by atoms with Crippen molar-refractivity contribution < 1.29 is 34.5 Å². The molecule has 4 rings (SSSR count). The Labute approximate surface area is 220 Å². The van der Waals surface area contributed by atoms with Gasteiger partial charge in [-0.1, -0.05) is 32.4 Å². The molecule has 37 heavy (non-hydrogen) atoms. The summed E-state index contributed by atoms with van der Waals surface area (Å²) >= 11 is 0. The summed E-state index contributed by atoms with van der Waals surface area (Å²) in [6.07, 6.45) is 2.11. The number of fused-ring (bicyclic) bond motifs is 5. The van der Waals surface area contributed by atoms with Gasteiger partial charge in [0.2, 0.25) is 5.78 Å². The lowest BCUT2D eigenvalue weighted by molar-refractivity contribution is -0.183. The van der Waals surface area contributed by atoms with Gasteiger partial charge in [-0.2, -0.15) is 0 Å². The SMILES string of the molecule is CC(C)(O)CCC(=O)C(C)(O)[C@H]1[C@H](O)C[C@@]2(C)[C@@H]3CC=C4[C@@H](CC(=O)C(=O)C4(C)C)[C@]3(C)C(=O)C[C@]12C. The number of ketones is 4. The third-order valence-corrected chi connectivity index (χ3v) is 11.4. The summed E-state index contributed by atoms with van der Waals surface area (Å²) in [6.45, 7) is 14.1. The highest BCUT2D eigenvalue weighted by Crippen LogP contribution is 2.74. The summed E-state index contributed by atoms with van der Waals surface area (Å²) in [6, 6.07) is 0. The summed E-state index contributed by atoms with van der Waals surface area (Å²) in [5, 5.41) is 33.2. The van der Waals surface area contributed by atoms with Gasteiger partial charge in [-0.05, 0) is 70.6 Å². The van der Waals surface area contributed by atoms with Gasteiger partial charge in [-0.15, -0.1) is 0 Å². The Morgan fingerprint density at radius 3 is 2.19 bits per heavy atom. The van der Waals surface area contributed by atoms with Crippen LogP contribution in [0.15, 0.2) is 11.6 Å². The lowest BCUT2D eigenvalue weighted by Gasteiger charge is -2.64. The lowest BCUT2D eigenvalue weighted by atomic mass is 9.38. The number of carbonyl (C=O) groups is 4. The average molecular weight is 517 g/mol. The Bertz CT molecular complexity index is 1090. The largest absolute Gasteiger partial charge is 0.393 e. The van der Waals surface area contributed by atoms with Crippen LogP contribution in [0, 0.1) is 39.4 Å². The van der Waals surface area contributed by atoms with E-state index in [1.165, 1.54) is 6.92 Å². The molecular formula is C30H44O7. The van der Waals surface area contributed by atoms with Crippen LogP contribution in [0.4, 0.5) is 0 Å². The summed E-state index contributed by atoms with van der Waals surface area (Å²) in [5.74, 6) is -2.80. The van der Waals surface area contributed by atoms with Crippen molar-refractivity contribution in [1.29, 1.82) is 0 Å². The molecule has 0 aromatic rings. The molecule has 206 valence electrons. The molecule has 0 aromatic carbocycles. The topological polar surface area (TPSA) is 129 Å². The Kier molecular flexibility index (Phi) is 6.24. The van der Waals surface area contributed by atoms with Gasteiger partial charge in [0.15, 0.2) is 11.6 Å². The average Bonchev–Trinajstić information content (AvgIpc) is 2.96. The Morgan fingerprint density at radius 1 is 1.03 bits per heavy atom. The summed E-state index contributed by atoms with van der Waals surface area (Å²) in [4.78, 5) is 53.0. The first-order chi connectivity index (χ1) is 16.7. The van der Waals surface area contributed by atoms with Crippen molar-refractivity contribution in [3.8, 4) is 0 Å². The smallest absolute Gasteiger partial charge is 0.207 e. The van der Waals surface area contributed by atoms with E-state index in [-0.39, 0.29) is 43.3 Å². The van der Waals surface area contributed by atoms with E-state index in [1.807, 2.05) is 19.9 Å². The van der Waals surface area contributed by atoms with Gasteiger partial charge in [0.1, 0.15) is 11.4 Å². The van der Waals surface area contributed by atoms with Gasteiger partial charge in [0.25, 0.3) is 0 Å². The quantitative estimate of drug-likeness (QED) is 0.377. The number of hydrogen-bond donors (Lipinski definition) is 3. The molecule has 0 aromatic heterocycles. The van der Waals surface area contributed by atoms with E-state index in [0.29, 0.717) is 12.8 Å². The van der Waals surface area contributed by atoms with Crippen LogP contribution in [0.3, 0.4) is 0 Å². The molecule has 7 nitrogen and oxygen atoms in total. The standard InChI is InChI=1S/C30H44O7/c1-25(2,36)12-11-21(33)30(8,37)23-19(32)14-27(5)20-10-9-16-17(13-18(31)24(35)26(16,3)4)29(20,7)22(34)15-28(23,27)6/h9,17,19-20,23,32,36-37H,10-15H2,1-8H3/t17-,19-,20+,23+,27+,28-,29+,30?/m1/s1. The van der Waals surface area contributed by atoms with Gasteiger partial charge in [-0.3, -0.25) is 19.2 Å². The molecule has 4 aliphatic rings. The number of aliphatic hydroxyl groups excluding tert-OH is 1. The minimum Gasteiger partial charge on any atom is -0.393 e. The van der Waals surface area contributed by atoms with E-state index in [2.05, 4.69) is 6.92 Å². The number of aliphatic hydroxyl groups is 3. The molecule has 0 bridgehead atoms. The highest BCUT2D eigenvalue weighted by atomic mass is 16.3. The second kappa shape index (κ2) is 8.15. The van der Waals surface area contributed by atoms with Gasteiger partial charge in [0, 0.05) is 36.5 Å². The molecule has 4 aliphatic carbocycles. The normalized spacial score (nSPS) is 42.9. The molecule has 7 heteroatoms. The maximum atomic E-state index is 14.2. The first-order valence-corrected chi connectivity index (χ1v) is 13.6. The molecule has 0 spiro atoms.